The highest BCUT2D eigenvalue weighted by Gasteiger charge is 2.37. The summed E-state index contributed by atoms with van der Waals surface area (Å²) in [4.78, 5) is 34.9. The third kappa shape index (κ3) is 2.11. The van der Waals surface area contributed by atoms with E-state index in [2.05, 4.69) is 9.97 Å². The Bertz CT molecular complexity index is 1220. The monoisotopic (exact) mass is 355 g/mol. The molecular formula is C20H13N5O2. The maximum Gasteiger partial charge on any atom is 0.262 e. The molecule has 0 bridgehead atoms. The van der Waals surface area contributed by atoms with Crippen molar-refractivity contribution in [1.29, 1.82) is 0 Å². The molecule has 0 radical (unpaired) electrons. The fourth-order valence-electron chi connectivity index (χ4n) is 3.36. The summed E-state index contributed by atoms with van der Waals surface area (Å²) in [6.07, 6.45) is 4.81. The maximum atomic E-state index is 12.8. The first-order chi connectivity index (χ1) is 13.2. The fraction of sp³-hybridized carbons (Fsp3) is 0.0500. The van der Waals surface area contributed by atoms with Gasteiger partial charge in [-0.1, -0.05) is 18.2 Å². The molecular weight excluding hydrogens is 342 g/mol. The molecule has 1 aromatic carbocycles. The Morgan fingerprint density at radius 1 is 0.926 bits per heavy atom. The van der Waals surface area contributed by atoms with Gasteiger partial charge in [0.1, 0.15) is 5.69 Å². The molecule has 0 N–H and O–H groups in total. The van der Waals surface area contributed by atoms with Gasteiger partial charge in [0.05, 0.1) is 22.2 Å². The minimum atomic E-state index is -0.353. The van der Waals surface area contributed by atoms with Crippen LogP contribution in [-0.2, 0) is 0 Å². The lowest BCUT2D eigenvalue weighted by Crippen LogP contribution is -2.24. The number of pyridine rings is 2. The smallest absolute Gasteiger partial charge is 0.262 e. The molecule has 0 saturated heterocycles. The average Bonchev–Trinajstić information content (AvgIpc) is 3.21. The quantitative estimate of drug-likeness (QED) is 0.517. The van der Waals surface area contributed by atoms with E-state index in [0.717, 1.165) is 16.2 Å². The lowest BCUT2D eigenvalue weighted by atomic mass is 10.0. The van der Waals surface area contributed by atoms with Crippen molar-refractivity contribution in [1.82, 2.24) is 24.6 Å². The van der Waals surface area contributed by atoms with Crippen LogP contribution in [0.1, 0.15) is 20.7 Å². The van der Waals surface area contributed by atoms with Crippen LogP contribution in [0.25, 0.3) is 28.0 Å². The highest BCUT2D eigenvalue weighted by atomic mass is 16.2. The van der Waals surface area contributed by atoms with Gasteiger partial charge in [0.15, 0.2) is 5.65 Å². The molecule has 7 nitrogen and oxygen atoms in total. The van der Waals surface area contributed by atoms with Crippen LogP contribution in [0.4, 0.5) is 0 Å². The van der Waals surface area contributed by atoms with Gasteiger partial charge in [0.2, 0.25) is 0 Å². The van der Waals surface area contributed by atoms with E-state index in [4.69, 9.17) is 5.10 Å². The van der Waals surface area contributed by atoms with Crippen molar-refractivity contribution in [2.45, 2.75) is 0 Å². The second kappa shape index (κ2) is 5.57. The van der Waals surface area contributed by atoms with Crippen molar-refractivity contribution in [2.75, 3.05) is 7.05 Å². The van der Waals surface area contributed by atoms with E-state index in [1.165, 1.54) is 13.2 Å². The molecule has 5 rings (SSSR count). The Hall–Kier alpha value is -3.87. The molecule has 0 atom stereocenters. The molecule has 0 spiro atoms. The van der Waals surface area contributed by atoms with Crippen LogP contribution >= 0.6 is 0 Å². The topological polar surface area (TPSA) is 81.0 Å². The van der Waals surface area contributed by atoms with Crippen LogP contribution in [-0.4, -0.2) is 43.5 Å². The Balaban J connectivity index is 1.92. The van der Waals surface area contributed by atoms with Gasteiger partial charge in [0.25, 0.3) is 11.8 Å². The summed E-state index contributed by atoms with van der Waals surface area (Å²) >= 11 is 0. The highest BCUT2D eigenvalue weighted by molar-refractivity contribution is 6.27. The number of nitrogens with zero attached hydrogens (tertiary/aromatic N) is 5. The number of hydrogen-bond donors (Lipinski definition) is 0. The summed E-state index contributed by atoms with van der Waals surface area (Å²) in [5, 5.41) is 5.29. The number of hydrogen-bond acceptors (Lipinski definition) is 5. The van der Waals surface area contributed by atoms with E-state index in [9.17, 15) is 9.59 Å². The molecule has 0 aliphatic carbocycles. The average molecular weight is 355 g/mol. The SMILES string of the molecule is CN1C(=O)c2cnc3c(c(-c4cccnc4)nn3-c3ccccc3)c2C1=O. The second-order valence-corrected chi connectivity index (χ2v) is 6.25. The standard InChI is InChI=1S/C20H13N5O2/c1-24-19(26)14-11-22-18-16(15(14)20(24)27)17(12-6-5-9-21-10-12)23-25(18)13-7-3-2-4-8-13/h2-11H,1H3. The van der Waals surface area contributed by atoms with Crippen LogP contribution in [0, 0.1) is 0 Å². The Morgan fingerprint density at radius 3 is 2.48 bits per heavy atom. The Kier molecular flexibility index (Phi) is 3.17. The van der Waals surface area contributed by atoms with E-state index in [1.807, 2.05) is 36.4 Å². The molecule has 0 unspecified atom stereocenters. The summed E-state index contributed by atoms with van der Waals surface area (Å²) in [6.45, 7) is 0. The number of carbonyl (C=O) groups excluding carboxylic acids is 2. The third-order valence-corrected chi connectivity index (χ3v) is 4.69. The summed E-state index contributed by atoms with van der Waals surface area (Å²) in [6, 6.07) is 13.2. The van der Waals surface area contributed by atoms with Crippen molar-refractivity contribution < 1.29 is 9.59 Å². The lowest BCUT2D eigenvalue weighted by Gasteiger charge is -2.03. The molecule has 7 heteroatoms. The van der Waals surface area contributed by atoms with Gasteiger partial charge in [0, 0.05) is 31.2 Å². The number of aromatic nitrogens is 4. The van der Waals surface area contributed by atoms with Crippen molar-refractivity contribution in [3.63, 3.8) is 0 Å². The number of imide groups is 1. The summed E-state index contributed by atoms with van der Waals surface area (Å²) in [5.74, 6) is -0.700. The summed E-state index contributed by atoms with van der Waals surface area (Å²) in [5.41, 5.74) is 3.30. The predicted octanol–water partition coefficient (Wildman–Crippen LogP) is 2.71. The highest BCUT2D eigenvalue weighted by Crippen LogP contribution is 2.35. The van der Waals surface area contributed by atoms with Gasteiger partial charge in [-0.3, -0.25) is 19.5 Å². The minimum Gasteiger partial charge on any atom is -0.277 e. The first-order valence-corrected chi connectivity index (χ1v) is 8.37. The third-order valence-electron chi connectivity index (χ3n) is 4.69. The molecule has 4 heterocycles. The van der Waals surface area contributed by atoms with E-state index in [-0.39, 0.29) is 11.8 Å². The van der Waals surface area contributed by atoms with Gasteiger partial charge in [-0.25, -0.2) is 9.67 Å². The zero-order chi connectivity index (χ0) is 18.5. The number of carbonyl (C=O) groups is 2. The number of benzene rings is 1. The van der Waals surface area contributed by atoms with E-state index >= 15 is 0 Å². The molecule has 2 amide bonds. The normalized spacial score (nSPS) is 13.4. The predicted molar refractivity (Wildman–Crippen MR) is 98.5 cm³/mol. The van der Waals surface area contributed by atoms with Crippen LogP contribution in [0.2, 0.25) is 0 Å². The van der Waals surface area contributed by atoms with Crippen molar-refractivity contribution in [3.05, 3.63) is 72.2 Å². The first kappa shape index (κ1) is 15.4. The second-order valence-electron chi connectivity index (χ2n) is 6.25. The van der Waals surface area contributed by atoms with Crippen molar-refractivity contribution >= 4 is 22.8 Å². The fourth-order valence-corrected chi connectivity index (χ4v) is 3.36. The molecule has 27 heavy (non-hydrogen) atoms. The number of amides is 2. The zero-order valence-electron chi connectivity index (χ0n) is 14.3. The van der Waals surface area contributed by atoms with Crippen molar-refractivity contribution in [3.8, 4) is 16.9 Å². The van der Waals surface area contributed by atoms with E-state index in [0.29, 0.717) is 27.9 Å². The van der Waals surface area contributed by atoms with Gasteiger partial charge in [-0.15, -0.1) is 0 Å². The summed E-state index contributed by atoms with van der Waals surface area (Å²) in [7, 11) is 1.47. The Labute approximate surface area is 153 Å². The molecule has 130 valence electrons. The largest absolute Gasteiger partial charge is 0.277 e. The van der Waals surface area contributed by atoms with E-state index < -0.39 is 0 Å². The van der Waals surface area contributed by atoms with E-state index in [1.54, 1.807) is 23.1 Å². The Morgan fingerprint density at radius 2 is 1.74 bits per heavy atom. The minimum absolute atomic E-state index is 0.299. The molecule has 1 aliphatic heterocycles. The number of para-hydroxylation sites is 1. The molecule has 3 aromatic heterocycles. The zero-order valence-corrected chi connectivity index (χ0v) is 14.3. The number of fused-ring (bicyclic) bond motifs is 3. The molecule has 0 fully saturated rings. The van der Waals surface area contributed by atoms with Gasteiger partial charge < -0.3 is 0 Å². The molecule has 1 aliphatic rings. The van der Waals surface area contributed by atoms with Gasteiger partial charge in [-0.05, 0) is 24.3 Å². The molecule has 4 aromatic rings. The van der Waals surface area contributed by atoms with Crippen molar-refractivity contribution in [2.24, 2.45) is 0 Å². The van der Waals surface area contributed by atoms with Gasteiger partial charge in [-0.2, -0.15) is 5.10 Å². The van der Waals surface area contributed by atoms with Crippen LogP contribution < -0.4 is 0 Å². The summed E-state index contributed by atoms with van der Waals surface area (Å²) < 4.78 is 1.69. The van der Waals surface area contributed by atoms with Crippen LogP contribution in [0.15, 0.2) is 61.1 Å². The van der Waals surface area contributed by atoms with Crippen LogP contribution in [0.5, 0.6) is 0 Å². The van der Waals surface area contributed by atoms with Gasteiger partial charge >= 0.3 is 0 Å². The lowest BCUT2D eigenvalue weighted by molar-refractivity contribution is 0.0693. The molecule has 0 saturated carbocycles. The maximum absolute atomic E-state index is 12.8. The van der Waals surface area contributed by atoms with Crippen LogP contribution in [0.3, 0.4) is 0 Å². The number of rotatable bonds is 2. The first-order valence-electron chi connectivity index (χ1n) is 8.37.